The van der Waals surface area contributed by atoms with Gasteiger partial charge in [-0.2, -0.15) is 0 Å². The molecule has 2 aliphatic rings. The zero-order chi connectivity index (χ0) is 28.2. The van der Waals surface area contributed by atoms with Crippen LogP contribution in [-0.4, -0.2) is 78.4 Å². The van der Waals surface area contributed by atoms with Crippen LogP contribution < -0.4 is 0 Å². The van der Waals surface area contributed by atoms with Gasteiger partial charge in [-0.3, -0.25) is 14.4 Å². The standard InChI is InChI=1S/C29H50NO7/c1-11-23-15(2)12-16(3)24(31)17(4)13-18(5)27(20(7)25(32)21(8)28(34)36-23)37-29-26(33)22(30(9)10)14-19(6)35-29/h12,15-23,26-27,29,33H,11,13-14H2,1-10H3/t15-,16-,17-,18+,19?,20+,21-,22?,23-,26?,27+,29?/m1/s1. The summed E-state index contributed by atoms with van der Waals surface area (Å²) in [7, 11) is 3.81. The van der Waals surface area contributed by atoms with Crippen LogP contribution in [0.2, 0.25) is 0 Å². The Morgan fingerprint density at radius 2 is 1.62 bits per heavy atom. The monoisotopic (exact) mass is 524 g/mol. The number of aliphatic hydroxyl groups is 1. The summed E-state index contributed by atoms with van der Waals surface area (Å²) in [6.07, 6.45) is 0.666. The van der Waals surface area contributed by atoms with Crippen molar-refractivity contribution in [3.63, 3.8) is 0 Å². The molecule has 12 atom stereocenters. The zero-order valence-electron chi connectivity index (χ0n) is 24.5. The van der Waals surface area contributed by atoms with Gasteiger partial charge in [-0.15, -0.1) is 0 Å². The first-order valence-electron chi connectivity index (χ1n) is 14.0. The molecule has 2 heterocycles. The van der Waals surface area contributed by atoms with Crippen LogP contribution in [0.3, 0.4) is 0 Å². The van der Waals surface area contributed by atoms with Gasteiger partial charge in [-0.05, 0) is 65.5 Å². The number of aliphatic hydroxyl groups excluding tert-OH is 1. The number of esters is 1. The van der Waals surface area contributed by atoms with Crippen LogP contribution in [0.25, 0.3) is 0 Å². The lowest BCUT2D eigenvalue weighted by Crippen LogP contribution is -2.56. The summed E-state index contributed by atoms with van der Waals surface area (Å²) in [5, 5.41) is 11.1. The normalized spacial score (nSPS) is 43.4. The van der Waals surface area contributed by atoms with E-state index < -0.39 is 42.4 Å². The smallest absolute Gasteiger partial charge is 0.316 e. The molecule has 4 unspecified atom stereocenters. The Kier molecular flexibility index (Phi) is 11.7. The minimum atomic E-state index is -0.959. The maximum absolute atomic E-state index is 13.5. The third-order valence-electron chi connectivity index (χ3n) is 8.36. The van der Waals surface area contributed by atoms with Crippen molar-refractivity contribution in [2.75, 3.05) is 14.1 Å². The fraction of sp³-hybridized carbons (Fsp3) is 0.862. The van der Waals surface area contributed by atoms with Gasteiger partial charge in [0, 0.05) is 23.8 Å². The molecular formula is C29H50NO7. The number of Topliss-reactive ketones (excluding diaryl/α,β-unsaturated/α-hetero) is 2. The van der Waals surface area contributed by atoms with Crippen molar-refractivity contribution in [2.45, 2.75) is 111 Å². The maximum Gasteiger partial charge on any atom is 0.316 e. The van der Waals surface area contributed by atoms with Gasteiger partial charge in [0.25, 0.3) is 0 Å². The summed E-state index contributed by atoms with van der Waals surface area (Å²) in [5.74, 6) is -3.23. The molecule has 0 aliphatic carbocycles. The van der Waals surface area contributed by atoms with Crippen molar-refractivity contribution in [1.82, 2.24) is 4.90 Å². The van der Waals surface area contributed by atoms with E-state index in [4.69, 9.17) is 14.2 Å². The number of ketones is 2. The third-order valence-corrected chi connectivity index (χ3v) is 8.36. The Balaban J connectivity index is 2.41. The van der Waals surface area contributed by atoms with Crippen LogP contribution in [0.5, 0.6) is 0 Å². The molecule has 8 heteroatoms. The molecule has 0 saturated carbocycles. The topological polar surface area (TPSA) is 102 Å². The second kappa shape index (κ2) is 13.6. The van der Waals surface area contributed by atoms with E-state index in [1.54, 1.807) is 13.8 Å². The predicted octanol–water partition coefficient (Wildman–Crippen LogP) is 3.68. The number of hydrogen-bond donors (Lipinski definition) is 1. The molecule has 2 fully saturated rings. The van der Waals surface area contributed by atoms with E-state index in [1.165, 1.54) is 0 Å². The molecule has 0 bridgehead atoms. The maximum atomic E-state index is 13.5. The molecule has 0 aromatic heterocycles. The van der Waals surface area contributed by atoms with Gasteiger partial charge >= 0.3 is 5.97 Å². The van der Waals surface area contributed by atoms with E-state index in [0.717, 1.165) is 0 Å². The molecule has 2 rings (SSSR count). The van der Waals surface area contributed by atoms with Gasteiger partial charge in [0.05, 0.1) is 12.2 Å². The van der Waals surface area contributed by atoms with Crippen molar-refractivity contribution in [3.05, 3.63) is 6.42 Å². The molecule has 0 amide bonds. The molecule has 2 saturated heterocycles. The number of ether oxygens (including phenoxy) is 3. The summed E-state index contributed by atoms with van der Waals surface area (Å²) in [4.78, 5) is 41.8. The Bertz CT molecular complexity index is 786. The van der Waals surface area contributed by atoms with Crippen LogP contribution in [0.4, 0.5) is 0 Å². The highest BCUT2D eigenvalue weighted by molar-refractivity contribution is 6.00. The number of hydrogen-bond acceptors (Lipinski definition) is 8. The second-order valence-corrected chi connectivity index (χ2v) is 11.8. The van der Waals surface area contributed by atoms with Gasteiger partial charge in [0.1, 0.15) is 23.9 Å². The second-order valence-electron chi connectivity index (χ2n) is 11.8. The van der Waals surface area contributed by atoms with Crippen LogP contribution >= 0.6 is 0 Å². The lowest BCUT2D eigenvalue weighted by molar-refractivity contribution is -0.278. The van der Waals surface area contributed by atoms with Crippen LogP contribution in [0, 0.1) is 41.9 Å². The van der Waals surface area contributed by atoms with E-state index >= 15 is 0 Å². The fourth-order valence-electron chi connectivity index (χ4n) is 5.97. The molecule has 0 spiro atoms. The largest absolute Gasteiger partial charge is 0.462 e. The summed E-state index contributed by atoms with van der Waals surface area (Å²) >= 11 is 0. The molecule has 0 aromatic carbocycles. The van der Waals surface area contributed by atoms with Crippen LogP contribution in [-0.2, 0) is 28.6 Å². The minimum Gasteiger partial charge on any atom is -0.462 e. The minimum absolute atomic E-state index is 0.110. The molecule has 213 valence electrons. The number of nitrogens with zero attached hydrogens (tertiary/aromatic N) is 1. The zero-order valence-corrected chi connectivity index (χ0v) is 24.5. The SMILES string of the molecule is CC[C@H]1OC(=O)[C@H](C)C(=O)[C@H](C)[C@@H](OC2OC(C)CC(N(C)C)C2O)[C@@H](C)C[C@@H](C)C(=O)[C@H](C)[CH][C@H]1C. The number of cyclic esters (lactones) is 1. The van der Waals surface area contributed by atoms with Crippen molar-refractivity contribution >= 4 is 17.5 Å². The van der Waals surface area contributed by atoms with Crippen LogP contribution in [0.15, 0.2) is 0 Å². The van der Waals surface area contributed by atoms with Gasteiger partial charge in [0.15, 0.2) is 12.1 Å². The van der Waals surface area contributed by atoms with E-state index in [9.17, 15) is 19.5 Å². The fourth-order valence-corrected chi connectivity index (χ4v) is 5.97. The van der Waals surface area contributed by atoms with Crippen LogP contribution in [0.1, 0.15) is 74.7 Å². The van der Waals surface area contributed by atoms with E-state index in [-0.39, 0.29) is 47.4 Å². The molecular weight excluding hydrogens is 474 g/mol. The first-order valence-corrected chi connectivity index (χ1v) is 14.0. The van der Waals surface area contributed by atoms with E-state index in [2.05, 4.69) is 0 Å². The third kappa shape index (κ3) is 7.84. The van der Waals surface area contributed by atoms with Crippen molar-refractivity contribution in [2.24, 2.45) is 35.5 Å². The Morgan fingerprint density at radius 1 is 1.00 bits per heavy atom. The van der Waals surface area contributed by atoms with E-state index in [1.807, 2.05) is 67.0 Å². The van der Waals surface area contributed by atoms with Gasteiger partial charge in [-0.25, -0.2) is 0 Å². The average Bonchev–Trinajstić information content (AvgIpc) is 2.84. The van der Waals surface area contributed by atoms with Crippen molar-refractivity contribution in [3.8, 4) is 0 Å². The van der Waals surface area contributed by atoms with Gasteiger partial charge in [-0.1, -0.05) is 41.5 Å². The number of rotatable bonds is 4. The van der Waals surface area contributed by atoms with E-state index in [0.29, 0.717) is 19.3 Å². The highest BCUT2D eigenvalue weighted by Gasteiger charge is 2.44. The molecule has 1 radical (unpaired) electrons. The first-order chi connectivity index (χ1) is 17.2. The molecule has 2 aliphatic heterocycles. The highest BCUT2D eigenvalue weighted by Crippen LogP contribution is 2.33. The number of carbonyl (C=O) groups excluding carboxylic acids is 3. The summed E-state index contributed by atoms with van der Waals surface area (Å²) < 4.78 is 18.2. The van der Waals surface area contributed by atoms with Crippen molar-refractivity contribution in [1.29, 1.82) is 0 Å². The number of likely N-dealkylation sites (N-methyl/N-ethyl adjacent to an activating group) is 1. The lowest BCUT2D eigenvalue weighted by atomic mass is 9.78. The predicted molar refractivity (Wildman–Crippen MR) is 141 cm³/mol. The summed E-state index contributed by atoms with van der Waals surface area (Å²) in [6, 6.07) is -0.160. The highest BCUT2D eigenvalue weighted by atomic mass is 16.7. The molecule has 1 N–H and O–H groups in total. The van der Waals surface area contributed by atoms with Crippen molar-refractivity contribution < 1.29 is 33.7 Å². The molecule has 37 heavy (non-hydrogen) atoms. The first kappa shape index (κ1) is 31.9. The Morgan fingerprint density at radius 3 is 2.19 bits per heavy atom. The lowest BCUT2D eigenvalue weighted by Gasteiger charge is -2.43. The van der Waals surface area contributed by atoms with Gasteiger partial charge < -0.3 is 24.2 Å². The summed E-state index contributed by atoms with van der Waals surface area (Å²) in [5.41, 5.74) is 0. The van der Waals surface area contributed by atoms with Gasteiger partial charge in [0.2, 0.25) is 0 Å². The Hall–Kier alpha value is -1.35. The summed E-state index contributed by atoms with van der Waals surface area (Å²) in [6.45, 7) is 14.9. The average molecular weight is 525 g/mol. The Labute approximate surface area is 223 Å². The molecule has 8 nitrogen and oxygen atoms in total. The molecule has 0 aromatic rings. The quantitative estimate of drug-likeness (QED) is 0.439. The number of carbonyl (C=O) groups is 3.